The highest BCUT2D eigenvalue weighted by Crippen LogP contribution is 2.20. The molecule has 4 heteroatoms. The van der Waals surface area contributed by atoms with E-state index in [2.05, 4.69) is 37.4 Å². The number of nitrogens with one attached hydrogen (secondary N) is 1. The van der Waals surface area contributed by atoms with Crippen LogP contribution in [0.15, 0.2) is 66.7 Å². The average molecular weight is 394 g/mol. The van der Waals surface area contributed by atoms with Crippen molar-refractivity contribution in [3.05, 3.63) is 99.6 Å². The zero-order valence-electron chi connectivity index (χ0n) is 16.3. The van der Waals surface area contributed by atoms with Crippen LogP contribution >= 0.6 is 11.6 Å². The lowest BCUT2D eigenvalue weighted by Crippen LogP contribution is -2.26. The molecule has 0 aromatic heterocycles. The molecular weight excluding hydrogens is 370 g/mol. The number of hydrogen-bond donors (Lipinski definition) is 1. The molecule has 3 nitrogen and oxygen atoms in total. The molecule has 1 N–H and O–H groups in total. The Morgan fingerprint density at radius 2 is 1.71 bits per heavy atom. The second kappa shape index (κ2) is 8.94. The van der Waals surface area contributed by atoms with Gasteiger partial charge in [-0.1, -0.05) is 48.0 Å². The molecule has 3 aromatic carbocycles. The van der Waals surface area contributed by atoms with Crippen molar-refractivity contribution in [3.8, 4) is 5.75 Å². The van der Waals surface area contributed by atoms with Gasteiger partial charge in [-0.15, -0.1) is 0 Å². The molecule has 0 spiro atoms. The van der Waals surface area contributed by atoms with Crippen LogP contribution in [0.4, 0.5) is 0 Å². The first-order valence-corrected chi connectivity index (χ1v) is 9.66. The van der Waals surface area contributed by atoms with Gasteiger partial charge in [0.1, 0.15) is 12.4 Å². The van der Waals surface area contributed by atoms with E-state index in [0.717, 1.165) is 11.1 Å². The van der Waals surface area contributed by atoms with E-state index < -0.39 is 0 Å². The molecule has 0 aliphatic carbocycles. The Hall–Kier alpha value is -2.78. The summed E-state index contributed by atoms with van der Waals surface area (Å²) >= 11 is 6.14. The summed E-state index contributed by atoms with van der Waals surface area (Å²) in [5, 5.41) is 3.73. The third-order valence-corrected chi connectivity index (χ3v) is 5.22. The number of aryl methyl sites for hydroxylation is 2. The Balaban J connectivity index is 1.60. The SMILES string of the molecule is Cc1ccc([C@H](C)NC(=O)c2ccc(OCc3ccccc3Cl)cc2)cc1C. The minimum atomic E-state index is -0.108. The van der Waals surface area contributed by atoms with Gasteiger partial charge in [-0.3, -0.25) is 4.79 Å². The van der Waals surface area contributed by atoms with Crippen LogP contribution in [0.1, 0.15) is 45.6 Å². The zero-order valence-corrected chi connectivity index (χ0v) is 17.1. The molecule has 0 saturated heterocycles. The van der Waals surface area contributed by atoms with Gasteiger partial charge in [-0.05, 0) is 67.8 Å². The summed E-state index contributed by atoms with van der Waals surface area (Å²) < 4.78 is 5.77. The Kier molecular flexibility index (Phi) is 6.37. The van der Waals surface area contributed by atoms with Crippen LogP contribution in [0.25, 0.3) is 0 Å². The van der Waals surface area contributed by atoms with Crippen LogP contribution < -0.4 is 10.1 Å². The van der Waals surface area contributed by atoms with E-state index >= 15 is 0 Å². The third-order valence-electron chi connectivity index (χ3n) is 4.85. The number of amides is 1. The van der Waals surface area contributed by atoms with E-state index in [9.17, 15) is 4.79 Å². The summed E-state index contributed by atoms with van der Waals surface area (Å²) in [4.78, 5) is 12.5. The fourth-order valence-electron chi connectivity index (χ4n) is 2.88. The molecule has 0 unspecified atom stereocenters. The van der Waals surface area contributed by atoms with Gasteiger partial charge in [0.2, 0.25) is 0 Å². The maximum absolute atomic E-state index is 12.5. The molecule has 3 aromatic rings. The number of ether oxygens (including phenoxy) is 1. The molecule has 1 amide bonds. The Bertz CT molecular complexity index is 967. The highest BCUT2D eigenvalue weighted by Gasteiger charge is 2.12. The van der Waals surface area contributed by atoms with Gasteiger partial charge < -0.3 is 10.1 Å². The van der Waals surface area contributed by atoms with Crippen LogP contribution in [0.5, 0.6) is 5.75 Å². The number of benzene rings is 3. The first kappa shape index (κ1) is 20.0. The van der Waals surface area contributed by atoms with Crippen LogP contribution in [-0.4, -0.2) is 5.91 Å². The maximum atomic E-state index is 12.5. The van der Waals surface area contributed by atoms with Gasteiger partial charge in [0.25, 0.3) is 5.91 Å². The van der Waals surface area contributed by atoms with Crippen LogP contribution in [-0.2, 0) is 6.61 Å². The summed E-state index contributed by atoms with van der Waals surface area (Å²) in [6.45, 7) is 6.53. The van der Waals surface area contributed by atoms with E-state index in [-0.39, 0.29) is 11.9 Å². The fourth-order valence-corrected chi connectivity index (χ4v) is 3.07. The first-order chi connectivity index (χ1) is 13.4. The number of halogens is 1. The molecule has 0 fully saturated rings. The van der Waals surface area contributed by atoms with Crippen molar-refractivity contribution in [2.24, 2.45) is 0 Å². The van der Waals surface area contributed by atoms with Crippen molar-refractivity contribution in [2.45, 2.75) is 33.4 Å². The number of carbonyl (C=O) groups is 1. The molecule has 28 heavy (non-hydrogen) atoms. The van der Waals surface area contributed by atoms with Crippen molar-refractivity contribution in [3.63, 3.8) is 0 Å². The minimum absolute atomic E-state index is 0.0667. The van der Waals surface area contributed by atoms with E-state index in [1.165, 1.54) is 11.1 Å². The smallest absolute Gasteiger partial charge is 0.251 e. The first-order valence-electron chi connectivity index (χ1n) is 9.28. The molecule has 0 aliphatic rings. The van der Waals surface area contributed by atoms with E-state index in [0.29, 0.717) is 22.9 Å². The molecule has 1 atom stereocenters. The van der Waals surface area contributed by atoms with Crippen molar-refractivity contribution in [1.29, 1.82) is 0 Å². The largest absolute Gasteiger partial charge is 0.489 e. The second-order valence-corrected chi connectivity index (χ2v) is 7.35. The number of hydrogen-bond acceptors (Lipinski definition) is 2. The molecule has 144 valence electrons. The lowest BCUT2D eigenvalue weighted by molar-refractivity contribution is 0.0940. The average Bonchev–Trinajstić information content (AvgIpc) is 2.69. The normalized spacial score (nSPS) is 11.7. The van der Waals surface area contributed by atoms with Gasteiger partial charge in [0, 0.05) is 16.1 Å². The topological polar surface area (TPSA) is 38.3 Å². The fraction of sp³-hybridized carbons (Fsp3) is 0.208. The van der Waals surface area contributed by atoms with Gasteiger partial charge in [-0.25, -0.2) is 0 Å². The number of rotatable bonds is 6. The van der Waals surface area contributed by atoms with Crippen LogP contribution in [0, 0.1) is 13.8 Å². The summed E-state index contributed by atoms with van der Waals surface area (Å²) in [6.07, 6.45) is 0. The van der Waals surface area contributed by atoms with Crippen molar-refractivity contribution in [1.82, 2.24) is 5.32 Å². The van der Waals surface area contributed by atoms with Gasteiger partial charge in [0.15, 0.2) is 0 Å². The third kappa shape index (κ3) is 4.93. The highest BCUT2D eigenvalue weighted by atomic mass is 35.5. The van der Waals surface area contributed by atoms with Crippen LogP contribution in [0.2, 0.25) is 5.02 Å². The molecule has 0 bridgehead atoms. The molecule has 0 saturated carbocycles. The van der Waals surface area contributed by atoms with Gasteiger partial charge in [0.05, 0.1) is 6.04 Å². The predicted molar refractivity (Wildman–Crippen MR) is 114 cm³/mol. The zero-order chi connectivity index (χ0) is 20.1. The molecular formula is C24H24ClNO2. The predicted octanol–water partition coefficient (Wildman–Crippen LogP) is 6.03. The van der Waals surface area contributed by atoms with E-state index in [1.807, 2.05) is 31.2 Å². The number of carbonyl (C=O) groups excluding carboxylic acids is 1. The van der Waals surface area contributed by atoms with Gasteiger partial charge in [-0.2, -0.15) is 0 Å². The van der Waals surface area contributed by atoms with Crippen molar-refractivity contribution in [2.75, 3.05) is 0 Å². The Morgan fingerprint density at radius 3 is 2.39 bits per heavy atom. The standard InChI is InChI=1S/C24H24ClNO2/c1-16-8-9-20(14-17(16)2)18(3)26-24(27)19-10-12-22(13-11-19)28-15-21-6-4-5-7-23(21)25/h4-14,18H,15H2,1-3H3,(H,26,27)/t18-/m0/s1. The molecule has 0 radical (unpaired) electrons. The molecule has 0 aliphatic heterocycles. The van der Waals surface area contributed by atoms with Crippen molar-refractivity contribution >= 4 is 17.5 Å². The highest BCUT2D eigenvalue weighted by molar-refractivity contribution is 6.31. The lowest BCUT2D eigenvalue weighted by Gasteiger charge is -2.16. The van der Waals surface area contributed by atoms with E-state index in [4.69, 9.17) is 16.3 Å². The maximum Gasteiger partial charge on any atom is 0.251 e. The summed E-state index contributed by atoms with van der Waals surface area (Å²) in [5.74, 6) is 0.585. The summed E-state index contributed by atoms with van der Waals surface area (Å²) in [7, 11) is 0. The second-order valence-electron chi connectivity index (χ2n) is 6.94. The Labute approximate surface area is 171 Å². The van der Waals surface area contributed by atoms with Crippen molar-refractivity contribution < 1.29 is 9.53 Å². The monoisotopic (exact) mass is 393 g/mol. The van der Waals surface area contributed by atoms with Crippen LogP contribution in [0.3, 0.4) is 0 Å². The molecule has 0 heterocycles. The minimum Gasteiger partial charge on any atom is -0.489 e. The molecule has 3 rings (SSSR count). The summed E-state index contributed by atoms with van der Waals surface area (Å²) in [5.41, 5.74) is 5.08. The van der Waals surface area contributed by atoms with E-state index in [1.54, 1.807) is 24.3 Å². The lowest BCUT2D eigenvalue weighted by atomic mass is 10.0. The van der Waals surface area contributed by atoms with Gasteiger partial charge >= 0.3 is 0 Å². The summed E-state index contributed by atoms with van der Waals surface area (Å²) in [6, 6.07) is 20.9. The Morgan fingerprint density at radius 1 is 1.00 bits per heavy atom. The quantitative estimate of drug-likeness (QED) is 0.555.